The zero-order valence-corrected chi connectivity index (χ0v) is 9.98. The van der Waals surface area contributed by atoms with Gasteiger partial charge in [0.2, 0.25) is 0 Å². The number of nitrogens with zero attached hydrogens (tertiary/aromatic N) is 2. The minimum atomic E-state index is 0.675. The van der Waals surface area contributed by atoms with Gasteiger partial charge in [-0.3, -0.25) is 0 Å². The van der Waals surface area contributed by atoms with E-state index in [1.165, 1.54) is 0 Å². The number of anilines is 2. The van der Waals surface area contributed by atoms with Crippen LogP contribution in [0.4, 0.5) is 11.5 Å². The first kappa shape index (κ1) is 9.80. The lowest BCUT2D eigenvalue weighted by Crippen LogP contribution is -2.12. The Kier molecular flexibility index (Phi) is 2.95. The highest BCUT2D eigenvalue weighted by molar-refractivity contribution is 9.11. The second-order valence-electron chi connectivity index (χ2n) is 2.55. The molecule has 0 aliphatic heterocycles. The van der Waals surface area contributed by atoms with Gasteiger partial charge < -0.3 is 10.6 Å². The Hall–Kier alpha value is -0.290. The van der Waals surface area contributed by atoms with Gasteiger partial charge in [-0.2, -0.15) is 0 Å². The molecule has 0 aliphatic rings. The summed E-state index contributed by atoms with van der Waals surface area (Å²) in [4.78, 5) is 6.09. The first-order valence-electron chi connectivity index (χ1n) is 3.31. The summed E-state index contributed by atoms with van der Waals surface area (Å²) >= 11 is 6.67. The van der Waals surface area contributed by atoms with E-state index in [9.17, 15) is 0 Å². The molecule has 2 N–H and O–H groups in total. The predicted octanol–water partition coefficient (Wildman–Crippen LogP) is 2.25. The zero-order valence-electron chi connectivity index (χ0n) is 6.81. The van der Waals surface area contributed by atoms with E-state index in [2.05, 4.69) is 36.8 Å². The van der Waals surface area contributed by atoms with Crippen LogP contribution in [0.25, 0.3) is 0 Å². The van der Waals surface area contributed by atoms with Crippen LogP contribution in [0.2, 0.25) is 0 Å². The minimum Gasteiger partial charge on any atom is -0.397 e. The average molecular weight is 295 g/mol. The Labute approximate surface area is 88.2 Å². The number of pyridine rings is 1. The molecule has 0 spiro atoms. The van der Waals surface area contributed by atoms with Gasteiger partial charge in [0, 0.05) is 20.3 Å². The molecule has 0 saturated heterocycles. The maximum atomic E-state index is 5.76. The fourth-order valence-corrected chi connectivity index (χ4v) is 2.02. The van der Waals surface area contributed by atoms with E-state index in [-0.39, 0.29) is 0 Å². The maximum absolute atomic E-state index is 5.76. The van der Waals surface area contributed by atoms with Crippen LogP contribution in [-0.4, -0.2) is 19.1 Å². The molecule has 1 heterocycles. The summed E-state index contributed by atoms with van der Waals surface area (Å²) < 4.78 is 1.63. The van der Waals surface area contributed by atoms with Gasteiger partial charge in [0.15, 0.2) is 0 Å². The van der Waals surface area contributed by atoms with Crippen molar-refractivity contribution >= 4 is 43.4 Å². The van der Waals surface area contributed by atoms with Crippen molar-refractivity contribution in [3.8, 4) is 0 Å². The van der Waals surface area contributed by atoms with E-state index in [4.69, 9.17) is 5.73 Å². The third kappa shape index (κ3) is 1.72. The third-order valence-corrected chi connectivity index (χ3v) is 2.83. The van der Waals surface area contributed by atoms with Crippen LogP contribution in [0.15, 0.2) is 15.1 Å². The largest absolute Gasteiger partial charge is 0.397 e. The lowest BCUT2D eigenvalue weighted by Gasteiger charge is -2.14. The number of nitrogens with two attached hydrogens (primary N) is 1. The number of nitrogen functional groups attached to an aromatic ring is 1. The molecule has 0 atom stereocenters. The van der Waals surface area contributed by atoms with E-state index in [1.54, 1.807) is 6.20 Å². The van der Waals surface area contributed by atoms with Gasteiger partial charge in [0.05, 0.1) is 14.6 Å². The smallest absolute Gasteiger partial charge is 0.144 e. The van der Waals surface area contributed by atoms with E-state index >= 15 is 0 Å². The zero-order chi connectivity index (χ0) is 9.30. The minimum absolute atomic E-state index is 0.675. The van der Waals surface area contributed by atoms with E-state index in [0.717, 1.165) is 14.8 Å². The number of halogens is 2. The molecule has 0 amide bonds. The summed E-state index contributed by atoms with van der Waals surface area (Å²) in [5, 5.41) is 0. The number of hydrogen-bond donors (Lipinski definition) is 1. The lowest BCUT2D eigenvalue weighted by molar-refractivity contribution is 1.06. The van der Waals surface area contributed by atoms with Crippen LogP contribution in [-0.2, 0) is 0 Å². The quantitative estimate of drug-likeness (QED) is 0.864. The number of hydrogen-bond acceptors (Lipinski definition) is 3. The van der Waals surface area contributed by atoms with Crippen molar-refractivity contribution in [1.29, 1.82) is 0 Å². The van der Waals surface area contributed by atoms with Gasteiger partial charge in [-0.25, -0.2) is 4.98 Å². The van der Waals surface area contributed by atoms with Crippen molar-refractivity contribution in [2.24, 2.45) is 0 Å². The van der Waals surface area contributed by atoms with Crippen molar-refractivity contribution in [2.75, 3.05) is 24.7 Å². The van der Waals surface area contributed by atoms with Crippen LogP contribution in [0.1, 0.15) is 0 Å². The molecule has 5 heteroatoms. The van der Waals surface area contributed by atoms with Gasteiger partial charge in [0.1, 0.15) is 5.82 Å². The van der Waals surface area contributed by atoms with Gasteiger partial charge in [0.25, 0.3) is 0 Å². The molecule has 1 rings (SSSR count). The molecule has 0 unspecified atom stereocenters. The van der Waals surface area contributed by atoms with Crippen molar-refractivity contribution in [3.05, 3.63) is 15.1 Å². The SMILES string of the molecule is CN(C)c1ncc(Br)c(N)c1Br. The molecule has 0 fully saturated rings. The van der Waals surface area contributed by atoms with Gasteiger partial charge >= 0.3 is 0 Å². The fraction of sp³-hybridized carbons (Fsp3) is 0.286. The summed E-state index contributed by atoms with van der Waals surface area (Å²) in [5.74, 6) is 0.829. The van der Waals surface area contributed by atoms with Gasteiger partial charge in [-0.15, -0.1) is 0 Å². The second-order valence-corrected chi connectivity index (χ2v) is 4.20. The monoisotopic (exact) mass is 293 g/mol. The standard InChI is InChI=1S/C7H9Br2N3/c1-12(2)7-5(9)6(10)4(8)3-11-7/h3H,1-2H3,(H2,10,11). The highest BCUT2D eigenvalue weighted by atomic mass is 79.9. The van der Waals surface area contributed by atoms with Crippen LogP contribution < -0.4 is 10.6 Å². The second kappa shape index (κ2) is 3.62. The Bertz CT molecular complexity index is 299. The molecule has 0 aliphatic carbocycles. The topological polar surface area (TPSA) is 42.2 Å². The summed E-state index contributed by atoms with van der Waals surface area (Å²) in [5.41, 5.74) is 6.43. The van der Waals surface area contributed by atoms with Crippen LogP contribution in [0, 0.1) is 0 Å². The normalized spacial score (nSPS) is 10.0. The van der Waals surface area contributed by atoms with Crippen molar-refractivity contribution in [2.45, 2.75) is 0 Å². The van der Waals surface area contributed by atoms with Crippen LogP contribution in [0.5, 0.6) is 0 Å². The van der Waals surface area contributed by atoms with Crippen LogP contribution >= 0.6 is 31.9 Å². The highest BCUT2D eigenvalue weighted by Crippen LogP contribution is 2.33. The molecular weight excluding hydrogens is 286 g/mol. The highest BCUT2D eigenvalue weighted by Gasteiger charge is 2.09. The molecule has 66 valence electrons. The number of aromatic nitrogens is 1. The molecule has 0 saturated carbocycles. The molecular formula is C7H9Br2N3. The van der Waals surface area contributed by atoms with Crippen LogP contribution in [0.3, 0.4) is 0 Å². The molecule has 0 radical (unpaired) electrons. The first-order valence-corrected chi connectivity index (χ1v) is 4.89. The number of rotatable bonds is 1. The lowest BCUT2D eigenvalue weighted by atomic mass is 10.4. The molecule has 0 bridgehead atoms. The predicted molar refractivity (Wildman–Crippen MR) is 58.4 cm³/mol. The summed E-state index contributed by atoms with van der Waals surface area (Å²) in [7, 11) is 3.83. The summed E-state index contributed by atoms with van der Waals surface area (Å²) in [6, 6.07) is 0. The first-order chi connectivity index (χ1) is 5.54. The average Bonchev–Trinajstić information content (AvgIpc) is 2.00. The summed E-state index contributed by atoms with van der Waals surface area (Å²) in [6.07, 6.45) is 1.69. The van der Waals surface area contributed by atoms with E-state index in [1.807, 2.05) is 19.0 Å². The summed E-state index contributed by atoms with van der Waals surface area (Å²) in [6.45, 7) is 0. The van der Waals surface area contributed by atoms with E-state index in [0.29, 0.717) is 5.69 Å². The Morgan fingerprint density at radius 2 is 2.00 bits per heavy atom. The van der Waals surface area contributed by atoms with Gasteiger partial charge in [-0.1, -0.05) is 0 Å². The Balaban J connectivity index is 3.27. The molecule has 3 nitrogen and oxygen atoms in total. The molecule has 0 aromatic carbocycles. The Morgan fingerprint density at radius 3 is 2.50 bits per heavy atom. The van der Waals surface area contributed by atoms with Gasteiger partial charge in [-0.05, 0) is 31.9 Å². The van der Waals surface area contributed by atoms with Crippen molar-refractivity contribution in [1.82, 2.24) is 4.98 Å². The maximum Gasteiger partial charge on any atom is 0.144 e. The van der Waals surface area contributed by atoms with E-state index < -0.39 is 0 Å². The fourth-order valence-electron chi connectivity index (χ4n) is 0.781. The molecule has 12 heavy (non-hydrogen) atoms. The third-order valence-electron chi connectivity index (χ3n) is 1.41. The van der Waals surface area contributed by atoms with Crippen molar-refractivity contribution in [3.63, 3.8) is 0 Å². The van der Waals surface area contributed by atoms with Crippen molar-refractivity contribution < 1.29 is 0 Å². The Morgan fingerprint density at radius 1 is 1.42 bits per heavy atom. The molecule has 1 aromatic rings. The molecule has 1 aromatic heterocycles.